The van der Waals surface area contributed by atoms with E-state index in [1.165, 1.54) is 4.31 Å². The third-order valence-electron chi connectivity index (χ3n) is 2.59. The van der Waals surface area contributed by atoms with Crippen LogP contribution in [0.1, 0.15) is 26.2 Å². The van der Waals surface area contributed by atoms with E-state index in [0.29, 0.717) is 19.4 Å². The summed E-state index contributed by atoms with van der Waals surface area (Å²) < 4.78 is 25.0. The van der Waals surface area contributed by atoms with Gasteiger partial charge in [-0.05, 0) is 19.3 Å². The van der Waals surface area contributed by atoms with Gasteiger partial charge in [0.15, 0.2) is 5.25 Å². The van der Waals surface area contributed by atoms with Gasteiger partial charge in [0, 0.05) is 13.1 Å². The zero-order valence-corrected chi connectivity index (χ0v) is 9.57. The molecular formula is C9H16N2O3S. The van der Waals surface area contributed by atoms with E-state index < -0.39 is 21.4 Å². The van der Waals surface area contributed by atoms with Crippen LogP contribution in [-0.4, -0.2) is 42.3 Å². The van der Waals surface area contributed by atoms with Crippen molar-refractivity contribution in [2.45, 2.75) is 37.5 Å². The molecule has 15 heavy (non-hydrogen) atoms. The Hall–Kier alpha value is -0.640. The lowest BCUT2D eigenvalue weighted by atomic mass is 10.1. The summed E-state index contributed by atoms with van der Waals surface area (Å²) in [4.78, 5) is 0. The second kappa shape index (κ2) is 4.92. The molecular weight excluding hydrogens is 216 g/mol. The molecule has 1 fully saturated rings. The molecule has 86 valence electrons. The molecule has 6 heteroatoms. The third-order valence-corrected chi connectivity index (χ3v) is 4.80. The van der Waals surface area contributed by atoms with Crippen molar-refractivity contribution >= 4 is 10.0 Å². The van der Waals surface area contributed by atoms with Crippen molar-refractivity contribution in [1.29, 1.82) is 5.26 Å². The Kier molecular flexibility index (Phi) is 4.08. The van der Waals surface area contributed by atoms with Crippen molar-refractivity contribution in [2.24, 2.45) is 0 Å². The Bertz CT molecular complexity index is 347. The molecule has 0 bridgehead atoms. The van der Waals surface area contributed by atoms with Crippen LogP contribution in [0.4, 0.5) is 0 Å². The van der Waals surface area contributed by atoms with Crippen LogP contribution in [0.3, 0.4) is 0 Å². The van der Waals surface area contributed by atoms with Gasteiger partial charge in [0.25, 0.3) is 0 Å². The van der Waals surface area contributed by atoms with E-state index in [1.54, 1.807) is 13.0 Å². The summed E-state index contributed by atoms with van der Waals surface area (Å²) in [6, 6.07) is 1.79. The minimum absolute atomic E-state index is 0.126. The van der Waals surface area contributed by atoms with Crippen LogP contribution in [-0.2, 0) is 10.0 Å². The fraction of sp³-hybridized carbons (Fsp3) is 0.889. The average molecular weight is 232 g/mol. The predicted molar refractivity (Wildman–Crippen MR) is 55.4 cm³/mol. The molecule has 0 aromatic carbocycles. The summed E-state index contributed by atoms with van der Waals surface area (Å²) in [5.74, 6) is 0. The number of β-amino-alcohol motifs (C(OH)–C–C–N with tert-alkyl or cyclic N) is 1. The number of piperidine rings is 1. The molecule has 1 N–H and O–H groups in total. The minimum Gasteiger partial charge on any atom is -0.392 e. The van der Waals surface area contributed by atoms with Crippen molar-refractivity contribution in [3.8, 4) is 6.07 Å². The number of sulfonamides is 1. The fourth-order valence-electron chi connectivity index (χ4n) is 1.70. The summed E-state index contributed by atoms with van der Waals surface area (Å²) in [6.07, 6.45) is 0.980. The molecule has 1 heterocycles. The van der Waals surface area contributed by atoms with Crippen LogP contribution >= 0.6 is 0 Å². The average Bonchev–Trinajstić information content (AvgIpc) is 2.19. The number of aliphatic hydroxyl groups is 1. The first kappa shape index (κ1) is 12.4. The van der Waals surface area contributed by atoms with Gasteiger partial charge in [0.05, 0.1) is 12.2 Å². The van der Waals surface area contributed by atoms with Gasteiger partial charge in [-0.1, -0.05) is 6.92 Å². The Morgan fingerprint density at radius 1 is 1.67 bits per heavy atom. The summed E-state index contributed by atoms with van der Waals surface area (Å²) in [5.41, 5.74) is 0. The summed E-state index contributed by atoms with van der Waals surface area (Å²) >= 11 is 0. The summed E-state index contributed by atoms with van der Waals surface area (Å²) in [7, 11) is -3.54. The minimum atomic E-state index is -3.54. The van der Waals surface area contributed by atoms with Gasteiger partial charge in [-0.2, -0.15) is 9.57 Å². The summed E-state index contributed by atoms with van der Waals surface area (Å²) in [5, 5.41) is 17.1. The Morgan fingerprint density at radius 2 is 2.33 bits per heavy atom. The molecule has 0 amide bonds. The molecule has 5 nitrogen and oxygen atoms in total. The standard InChI is InChI=1S/C9H16N2O3S/c1-2-9(6-10)15(13,14)11-5-3-4-8(12)7-11/h8-9,12H,2-5,7H2,1H3/t8-,9?/m0/s1. The first-order valence-electron chi connectivity index (χ1n) is 5.09. The normalized spacial score (nSPS) is 25.8. The highest BCUT2D eigenvalue weighted by atomic mass is 32.2. The van der Waals surface area contributed by atoms with E-state index in [-0.39, 0.29) is 13.0 Å². The maximum absolute atomic E-state index is 11.9. The Balaban J connectivity index is 2.81. The molecule has 0 radical (unpaired) electrons. The lowest BCUT2D eigenvalue weighted by Gasteiger charge is -2.30. The zero-order chi connectivity index (χ0) is 11.5. The van der Waals surface area contributed by atoms with E-state index in [0.717, 1.165) is 0 Å². The Morgan fingerprint density at radius 3 is 2.80 bits per heavy atom. The van der Waals surface area contributed by atoms with E-state index in [4.69, 9.17) is 5.26 Å². The second-order valence-electron chi connectivity index (χ2n) is 3.73. The molecule has 0 saturated carbocycles. The second-order valence-corrected chi connectivity index (χ2v) is 5.84. The SMILES string of the molecule is CCC(C#N)S(=O)(=O)N1CCC[C@H](O)C1. The number of hydrogen-bond donors (Lipinski definition) is 1. The van der Waals surface area contributed by atoms with E-state index in [2.05, 4.69) is 0 Å². The first-order chi connectivity index (χ1) is 7.02. The molecule has 1 aliphatic rings. The first-order valence-corrected chi connectivity index (χ1v) is 6.59. The van der Waals surface area contributed by atoms with Gasteiger partial charge in [-0.3, -0.25) is 0 Å². The van der Waals surface area contributed by atoms with Crippen LogP contribution in [0, 0.1) is 11.3 Å². The van der Waals surface area contributed by atoms with E-state index >= 15 is 0 Å². The van der Waals surface area contributed by atoms with Crippen LogP contribution in [0.15, 0.2) is 0 Å². The molecule has 1 unspecified atom stereocenters. The molecule has 0 spiro atoms. The largest absolute Gasteiger partial charge is 0.392 e. The topological polar surface area (TPSA) is 81.4 Å². The quantitative estimate of drug-likeness (QED) is 0.747. The highest BCUT2D eigenvalue weighted by Gasteiger charge is 2.33. The monoisotopic (exact) mass is 232 g/mol. The molecule has 0 aromatic heterocycles. The molecule has 1 rings (SSSR count). The van der Waals surface area contributed by atoms with Gasteiger partial charge in [0.1, 0.15) is 0 Å². The summed E-state index contributed by atoms with van der Waals surface area (Å²) in [6.45, 7) is 2.21. The van der Waals surface area contributed by atoms with Gasteiger partial charge in [-0.15, -0.1) is 0 Å². The highest BCUT2D eigenvalue weighted by molar-refractivity contribution is 7.90. The maximum Gasteiger partial charge on any atom is 0.230 e. The molecule has 0 aromatic rings. The van der Waals surface area contributed by atoms with Crippen molar-refractivity contribution in [2.75, 3.05) is 13.1 Å². The van der Waals surface area contributed by atoms with Gasteiger partial charge in [-0.25, -0.2) is 8.42 Å². The van der Waals surface area contributed by atoms with E-state index in [1.807, 2.05) is 0 Å². The van der Waals surface area contributed by atoms with Gasteiger partial charge < -0.3 is 5.11 Å². The third kappa shape index (κ3) is 2.68. The van der Waals surface area contributed by atoms with Crippen molar-refractivity contribution < 1.29 is 13.5 Å². The van der Waals surface area contributed by atoms with Crippen LogP contribution in [0.2, 0.25) is 0 Å². The van der Waals surface area contributed by atoms with Gasteiger partial charge in [0.2, 0.25) is 10.0 Å². The molecule has 2 atom stereocenters. The van der Waals surface area contributed by atoms with Crippen LogP contribution < -0.4 is 0 Å². The predicted octanol–water partition coefficient (Wildman–Crippen LogP) is 0.0751. The molecule has 0 aliphatic carbocycles. The lowest BCUT2D eigenvalue weighted by Crippen LogP contribution is -2.45. The van der Waals surface area contributed by atoms with Crippen LogP contribution in [0.25, 0.3) is 0 Å². The van der Waals surface area contributed by atoms with Crippen molar-refractivity contribution in [3.63, 3.8) is 0 Å². The van der Waals surface area contributed by atoms with Crippen molar-refractivity contribution in [1.82, 2.24) is 4.31 Å². The molecule has 1 aliphatic heterocycles. The molecule has 1 saturated heterocycles. The number of rotatable bonds is 3. The maximum atomic E-state index is 11.9. The van der Waals surface area contributed by atoms with Crippen molar-refractivity contribution in [3.05, 3.63) is 0 Å². The van der Waals surface area contributed by atoms with E-state index in [9.17, 15) is 13.5 Å². The Labute approximate surface area is 90.4 Å². The lowest BCUT2D eigenvalue weighted by molar-refractivity contribution is 0.107. The number of aliphatic hydroxyl groups excluding tert-OH is 1. The number of nitriles is 1. The number of hydrogen-bond acceptors (Lipinski definition) is 4. The van der Waals surface area contributed by atoms with Gasteiger partial charge >= 0.3 is 0 Å². The zero-order valence-electron chi connectivity index (χ0n) is 8.76. The fourth-order valence-corrected chi connectivity index (χ4v) is 3.38. The smallest absolute Gasteiger partial charge is 0.230 e. The number of nitrogens with zero attached hydrogens (tertiary/aromatic N) is 2. The highest BCUT2D eigenvalue weighted by Crippen LogP contribution is 2.18. The van der Waals surface area contributed by atoms with Crippen LogP contribution in [0.5, 0.6) is 0 Å².